The molecule has 0 aromatic heterocycles. The van der Waals surface area contributed by atoms with Crippen LogP contribution in [0.5, 0.6) is 5.75 Å². The van der Waals surface area contributed by atoms with E-state index in [9.17, 15) is 0 Å². The van der Waals surface area contributed by atoms with Gasteiger partial charge in [-0.05, 0) is 24.6 Å². The number of nitrogens with zero attached hydrogens (tertiary/aromatic N) is 2. The van der Waals surface area contributed by atoms with Gasteiger partial charge in [-0.1, -0.05) is 12.1 Å². The lowest BCUT2D eigenvalue weighted by atomic mass is 10.1. The first-order valence-electron chi connectivity index (χ1n) is 8.78. The molecule has 2 aliphatic heterocycles. The van der Waals surface area contributed by atoms with Crippen LogP contribution in [0.4, 0.5) is 0 Å². The van der Waals surface area contributed by atoms with Crippen molar-refractivity contribution >= 4 is 0 Å². The number of piperazine rings is 1. The Morgan fingerprint density at radius 2 is 2.13 bits per heavy atom. The van der Waals surface area contributed by atoms with Crippen LogP contribution in [0.1, 0.15) is 12.5 Å². The molecule has 3 rings (SSSR count). The van der Waals surface area contributed by atoms with Gasteiger partial charge in [0, 0.05) is 51.9 Å². The molecular formula is C18H29N3O2. The predicted molar refractivity (Wildman–Crippen MR) is 91.9 cm³/mol. The van der Waals surface area contributed by atoms with E-state index in [1.807, 2.05) is 0 Å². The van der Waals surface area contributed by atoms with Crippen molar-refractivity contribution in [2.45, 2.75) is 19.5 Å². The maximum atomic E-state index is 5.95. The molecule has 23 heavy (non-hydrogen) atoms. The molecule has 0 radical (unpaired) electrons. The molecule has 0 bridgehead atoms. The van der Waals surface area contributed by atoms with E-state index < -0.39 is 0 Å². The molecule has 0 spiro atoms. The highest BCUT2D eigenvalue weighted by Crippen LogP contribution is 2.16. The highest BCUT2D eigenvalue weighted by molar-refractivity contribution is 5.28. The average Bonchev–Trinajstić information content (AvgIpc) is 2.58. The summed E-state index contributed by atoms with van der Waals surface area (Å²) < 4.78 is 11.3. The molecule has 0 amide bonds. The van der Waals surface area contributed by atoms with Gasteiger partial charge in [0.15, 0.2) is 0 Å². The Morgan fingerprint density at radius 3 is 2.96 bits per heavy atom. The minimum absolute atomic E-state index is 0.592. The Hall–Kier alpha value is -1.14. The molecule has 1 N–H and O–H groups in total. The maximum absolute atomic E-state index is 5.95. The topological polar surface area (TPSA) is 37.0 Å². The van der Waals surface area contributed by atoms with Gasteiger partial charge >= 0.3 is 0 Å². The van der Waals surface area contributed by atoms with Crippen LogP contribution in [0.25, 0.3) is 0 Å². The monoisotopic (exact) mass is 319 g/mol. The Kier molecular flexibility index (Phi) is 6.28. The second-order valence-corrected chi connectivity index (χ2v) is 6.47. The summed E-state index contributed by atoms with van der Waals surface area (Å²) in [5.41, 5.74) is 1.34. The number of ether oxygens (including phenoxy) is 2. The van der Waals surface area contributed by atoms with Crippen molar-refractivity contribution in [3.8, 4) is 5.75 Å². The van der Waals surface area contributed by atoms with E-state index in [1.165, 1.54) is 5.56 Å². The van der Waals surface area contributed by atoms with Crippen LogP contribution < -0.4 is 10.1 Å². The van der Waals surface area contributed by atoms with Crippen LogP contribution in [-0.4, -0.2) is 74.9 Å². The Labute approximate surface area is 139 Å². The molecular weight excluding hydrogens is 290 g/mol. The standard InChI is InChI=1S/C18H29N3O2/c1-16-14-19-5-6-21(16)15-17-3-2-4-18(13-17)23-12-9-20-7-10-22-11-8-20/h2-4,13,16,19H,5-12,14-15H2,1H3/t16-/m1/s1. The average molecular weight is 319 g/mol. The van der Waals surface area contributed by atoms with Crippen molar-refractivity contribution in [2.75, 3.05) is 59.1 Å². The van der Waals surface area contributed by atoms with Crippen molar-refractivity contribution < 1.29 is 9.47 Å². The Bertz CT molecular complexity index is 477. The SMILES string of the molecule is C[C@@H]1CNCCN1Cc1cccc(OCCN2CCOCC2)c1. The van der Waals surface area contributed by atoms with Gasteiger partial charge in [-0.25, -0.2) is 0 Å². The van der Waals surface area contributed by atoms with Crippen molar-refractivity contribution in [2.24, 2.45) is 0 Å². The molecule has 1 atom stereocenters. The summed E-state index contributed by atoms with van der Waals surface area (Å²) >= 11 is 0. The van der Waals surface area contributed by atoms with Crippen molar-refractivity contribution in [3.05, 3.63) is 29.8 Å². The van der Waals surface area contributed by atoms with Gasteiger partial charge in [-0.15, -0.1) is 0 Å². The fourth-order valence-electron chi connectivity index (χ4n) is 3.20. The van der Waals surface area contributed by atoms with Gasteiger partial charge in [0.25, 0.3) is 0 Å². The minimum Gasteiger partial charge on any atom is -0.492 e. The molecule has 1 aromatic carbocycles. The van der Waals surface area contributed by atoms with Gasteiger partial charge in [0.1, 0.15) is 12.4 Å². The van der Waals surface area contributed by atoms with Crippen molar-refractivity contribution in [1.29, 1.82) is 0 Å². The molecule has 5 heteroatoms. The summed E-state index contributed by atoms with van der Waals surface area (Å²) in [5, 5.41) is 3.44. The van der Waals surface area contributed by atoms with Gasteiger partial charge in [-0.2, -0.15) is 0 Å². The molecule has 1 aromatic rings. The Morgan fingerprint density at radius 1 is 1.26 bits per heavy atom. The first-order chi connectivity index (χ1) is 11.3. The summed E-state index contributed by atoms with van der Waals surface area (Å²) in [6, 6.07) is 9.14. The lowest BCUT2D eigenvalue weighted by molar-refractivity contribution is 0.0322. The number of rotatable bonds is 6. The zero-order chi connectivity index (χ0) is 15.9. The second kappa shape index (κ2) is 8.64. The van der Waals surface area contributed by atoms with E-state index >= 15 is 0 Å². The van der Waals surface area contributed by atoms with Crippen LogP contribution >= 0.6 is 0 Å². The van der Waals surface area contributed by atoms with Gasteiger partial charge in [0.2, 0.25) is 0 Å². The zero-order valence-corrected chi connectivity index (χ0v) is 14.2. The van der Waals surface area contributed by atoms with Crippen LogP contribution in [-0.2, 0) is 11.3 Å². The van der Waals surface area contributed by atoms with E-state index in [1.54, 1.807) is 0 Å². The third kappa shape index (κ3) is 5.18. The fourth-order valence-corrected chi connectivity index (χ4v) is 3.20. The number of hydrogen-bond donors (Lipinski definition) is 1. The fraction of sp³-hybridized carbons (Fsp3) is 0.667. The van der Waals surface area contributed by atoms with Crippen LogP contribution in [0.15, 0.2) is 24.3 Å². The molecule has 0 unspecified atom stereocenters. The molecule has 2 heterocycles. The van der Waals surface area contributed by atoms with Gasteiger partial charge < -0.3 is 14.8 Å². The molecule has 0 saturated carbocycles. The van der Waals surface area contributed by atoms with Crippen LogP contribution in [0.2, 0.25) is 0 Å². The smallest absolute Gasteiger partial charge is 0.119 e. The van der Waals surface area contributed by atoms with Crippen LogP contribution in [0.3, 0.4) is 0 Å². The van der Waals surface area contributed by atoms with Gasteiger partial charge in [-0.3, -0.25) is 9.80 Å². The largest absolute Gasteiger partial charge is 0.492 e. The number of nitrogens with one attached hydrogen (secondary N) is 1. The van der Waals surface area contributed by atoms with E-state index in [-0.39, 0.29) is 0 Å². The molecule has 128 valence electrons. The highest BCUT2D eigenvalue weighted by atomic mass is 16.5. The molecule has 2 fully saturated rings. The number of benzene rings is 1. The van der Waals surface area contributed by atoms with Crippen molar-refractivity contribution in [3.63, 3.8) is 0 Å². The maximum Gasteiger partial charge on any atom is 0.119 e. The molecule has 5 nitrogen and oxygen atoms in total. The Balaban J connectivity index is 1.46. The first-order valence-corrected chi connectivity index (χ1v) is 8.78. The van der Waals surface area contributed by atoms with E-state index in [0.29, 0.717) is 6.04 Å². The third-order valence-electron chi connectivity index (χ3n) is 4.70. The van der Waals surface area contributed by atoms with Crippen LogP contribution in [0, 0.1) is 0 Å². The summed E-state index contributed by atoms with van der Waals surface area (Å²) in [7, 11) is 0. The van der Waals surface area contributed by atoms with E-state index in [0.717, 1.165) is 71.4 Å². The first kappa shape index (κ1) is 16.7. The van der Waals surface area contributed by atoms with Gasteiger partial charge in [0.05, 0.1) is 13.2 Å². The molecule has 2 saturated heterocycles. The zero-order valence-electron chi connectivity index (χ0n) is 14.2. The summed E-state index contributed by atoms with van der Waals surface area (Å²) in [4.78, 5) is 4.93. The summed E-state index contributed by atoms with van der Waals surface area (Å²) in [6.07, 6.45) is 0. The lowest BCUT2D eigenvalue weighted by Gasteiger charge is -2.33. The minimum atomic E-state index is 0.592. The summed E-state index contributed by atoms with van der Waals surface area (Å²) in [6.45, 7) is 12.0. The molecule has 2 aliphatic rings. The quantitative estimate of drug-likeness (QED) is 0.852. The number of morpholine rings is 1. The lowest BCUT2D eigenvalue weighted by Crippen LogP contribution is -2.49. The van der Waals surface area contributed by atoms with E-state index in [4.69, 9.17) is 9.47 Å². The number of hydrogen-bond acceptors (Lipinski definition) is 5. The predicted octanol–water partition coefficient (Wildman–Crippen LogP) is 1.19. The third-order valence-corrected chi connectivity index (χ3v) is 4.70. The normalized spacial score (nSPS) is 23.8. The second-order valence-electron chi connectivity index (χ2n) is 6.47. The molecule has 0 aliphatic carbocycles. The highest BCUT2D eigenvalue weighted by Gasteiger charge is 2.17. The van der Waals surface area contributed by atoms with E-state index in [2.05, 4.69) is 46.3 Å². The summed E-state index contributed by atoms with van der Waals surface area (Å²) in [5.74, 6) is 0.985. The van der Waals surface area contributed by atoms with Crippen molar-refractivity contribution in [1.82, 2.24) is 15.1 Å².